The summed E-state index contributed by atoms with van der Waals surface area (Å²) < 4.78 is 0. The number of carbonyl (C=O) groups is 5. The van der Waals surface area contributed by atoms with E-state index in [1.807, 2.05) is 25.1 Å². The molecule has 7 nitrogen and oxygen atoms in total. The molecule has 3 aliphatic carbocycles. The first-order valence-electron chi connectivity index (χ1n) is 12.5. The number of hydrogen-bond acceptors (Lipinski definition) is 5. The van der Waals surface area contributed by atoms with Crippen molar-refractivity contribution in [3.8, 4) is 0 Å². The van der Waals surface area contributed by atoms with Crippen molar-refractivity contribution in [1.29, 1.82) is 0 Å². The Morgan fingerprint density at radius 1 is 0.583 bits per heavy atom. The van der Waals surface area contributed by atoms with Gasteiger partial charge in [0.25, 0.3) is 0 Å². The standard InChI is InChI=1S/C29H24N2O5/c1-14-12-15-13-18-21-24(29(36)31(27(21)34)17-10-6-3-7-11-17)22(25(18)32)20(15)23-19(14)26(33)30(28(23)35)16-8-4-2-5-9-16/h2-12,14,18-24H,13H2,1H3/t14?,18?,19?,20?,21-,22+,23?,24?/m1/s1. The highest BCUT2D eigenvalue weighted by molar-refractivity contribution is 6.26. The maximum Gasteiger partial charge on any atom is 0.238 e. The van der Waals surface area contributed by atoms with Crippen LogP contribution in [0.4, 0.5) is 11.4 Å². The van der Waals surface area contributed by atoms with Crippen LogP contribution >= 0.6 is 0 Å². The number of hydrogen-bond donors (Lipinski definition) is 0. The summed E-state index contributed by atoms with van der Waals surface area (Å²) in [5, 5.41) is 0. The van der Waals surface area contributed by atoms with Gasteiger partial charge in [0.05, 0.1) is 35.0 Å². The molecule has 7 heteroatoms. The van der Waals surface area contributed by atoms with Gasteiger partial charge in [0.2, 0.25) is 23.6 Å². The summed E-state index contributed by atoms with van der Waals surface area (Å²) in [5.41, 5.74) is 1.97. The van der Waals surface area contributed by atoms with Crippen LogP contribution in [-0.2, 0) is 24.0 Å². The fraction of sp³-hybridized carbons (Fsp3) is 0.345. The molecular formula is C29H24N2O5. The zero-order chi connectivity index (χ0) is 24.9. The molecular weight excluding hydrogens is 456 g/mol. The number of benzene rings is 2. The number of Topliss-reactive ketones (excluding diaryl/α,β-unsaturated/α-hetero) is 1. The van der Waals surface area contributed by atoms with Crippen molar-refractivity contribution in [2.75, 3.05) is 9.80 Å². The molecule has 4 fully saturated rings. The number of carbonyl (C=O) groups excluding carboxylic acids is 5. The molecule has 2 saturated heterocycles. The van der Waals surface area contributed by atoms with Gasteiger partial charge >= 0.3 is 0 Å². The lowest BCUT2D eigenvalue weighted by atomic mass is 9.59. The molecule has 2 saturated carbocycles. The summed E-state index contributed by atoms with van der Waals surface area (Å²) in [7, 11) is 0. The van der Waals surface area contributed by atoms with Crippen molar-refractivity contribution in [2.24, 2.45) is 47.3 Å². The smallest absolute Gasteiger partial charge is 0.238 e. The molecule has 2 aromatic rings. The lowest BCUT2D eigenvalue weighted by molar-refractivity contribution is -0.136. The number of nitrogens with zero attached hydrogens (tertiary/aromatic N) is 2. The molecule has 2 aliphatic heterocycles. The summed E-state index contributed by atoms with van der Waals surface area (Å²) in [6, 6.07) is 17.6. The lowest BCUT2D eigenvalue weighted by Crippen LogP contribution is -2.47. The number of amides is 4. The fourth-order valence-electron chi connectivity index (χ4n) is 7.74. The average Bonchev–Trinajstić information content (AvgIpc) is 3.36. The van der Waals surface area contributed by atoms with E-state index in [9.17, 15) is 24.0 Å². The van der Waals surface area contributed by atoms with E-state index in [2.05, 4.69) is 0 Å². The van der Waals surface area contributed by atoms with E-state index in [4.69, 9.17) is 0 Å². The van der Waals surface area contributed by atoms with E-state index in [1.165, 1.54) is 9.80 Å². The van der Waals surface area contributed by atoms with Gasteiger partial charge in [-0.05, 0) is 36.6 Å². The summed E-state index contributed by atoms with van der Waals surface area (Å²) >= 11 is 0. The second-order valence-corrected chi connectivity index (χ2v) is 10.7. The van der Waals surface area contributed by atoms with Gasteiger partial charge in [-0.3, -0.25) is 33.8 Å². The molecule has 4 amide bonds. The summed E-state index contributed by atoms with van der Waals surface area (Å²) in [4.78, 5) is 70.8. The molecule has 8 atom stereocenters. The first-order valence-corrected chi connectivity index (χ1v) is 12.5. The van der Waals surface area contributed by atoms with Crippen LogP contribution in [0.15, 0.2) is 72.3 Å². The Balaban J connectivity index is 1.32. The van der Waals surface area contributed by atoms with E-state index in [0.29, 0.717) is 17.8 Å². The molecule has 2 bridgehead atoms. The second kappa shape index (κ2) is 7.32. The van der Waals surface area contributed by atoms with Crippen LogP contribution in [-0.4, -0.2) is 29.4 Å². The van der Waals surface area contributed by atoms with E-state index >= 15 is 0 Å². The van der Waals surface area contributed by atoms with Gasteiger partial charge in [-0.25, -0.2) is 0 Å². The number of imide groups is 2. The number of rotatable bonds is 2. The maximum absolute atomic E-state index is 13.9. The first kappa shape index (κ1) is 21.4. The number of para-hydroxylation sites is 2. The van der Waals surface area contributed by atoms with Gasteiger partial charge < -0.3 is 0 Å². The molecule has 36 heavy (non-hydrogen) atoms. The van der Waals surface area contributed by atoms with Crippen molar-refractivity contribution < 1.29 is 24.0 Å². The average molecular weight is 481 g/mol. The minimum Gasteiger partial charge on any atom is -0.299 e. The van der Waals surface area contributed by atoms with Crippen molar-refractivity contribution in [1.82, 2.24) is 0 Å². The van der Waals surface area contributed by atoms with Crippen molar-refractivity contribution >= 4 is 40.8 Å². The minimum atomic E-state index is -0.797. The zero-order valence-electron chi connectivity index (χ0n) is 19.6. The first-order chi connectivity index (χ1) is 17.4. The van der Waals surface area contributed by atoms with Crippen LogP contribution in [0, 0.1) is 47.3 Å². The van der Waals surface area contributed by atoms with E-state index < -0.39 is 41.4 Å². The molecule has 2 heterocycles. The number of anilines is 2. The van der Waals surface area contributed by atoms with Crippen LogP contribution in [0.25, 0.3) is 0 Å². The van der Waals surface area contributed by atoms with E-state index in [-0.39, 0.29) is 35.3 Å². The highest BCUT2D eigenvalue weighted by Gasteiger charge is 2.70. The van der Waals surface area contributed by atoms with E-state index in [1.54, 1.807) is 48.5 Å². The molecule has 5 aliphatic rings. The minimum absolute atomic E-state index is 0.103. The highest BCUT2D eigenvalue weighted by atomic mass is 16.2. The molecule has 180 valence electrons. The summed E-state index contributed by atoms with van der Waals surface area (Å²) in [6.45, 7) is 1.94. The molecule has 0 N–H and O–H groups in total. The Hall–Kier alpha value is -3.87. The number of ketones is 1. The molecule has 0 radical (unpaired) electrons. The molecule has 7 rings (SSSR count). The quantitative estimate of drug-likeness (QED) is 0.487. The Kier molecular flexibility index (Phi) is 4.36. The molecule has 0 spiro atoms. The topological polar surface area (TPSA) is 91.8 Å². The third-order valence-corrected chi connectivity index (χ3v) is 9.04. The van der Waals surface area contributed by atoms with E-state index in [0.717, 1.165) is 5.57 Å². The van der Waals surface area contributed by atoms with Gasteiger partial charge in [-0.2, -0.15) is 0 Å². The molecule has 6 unspecified atom stereocenters. The van der Waals surface area contributed by atoms with Crippen LogP contribution in [0.2, 0.25) is 0 Å². The molecule has 2 aromatic carbocycles. The van der Waals surface area contributed by atoms with Gasteiger partial charge in [-0.15, -0.1) is 0 Å². The van der Waals surface area contributed by atoms with Gasteiger partial charge in [-0.1, -0.05) is 55.0 Å². The van der Waals surface area contributed by atoms with Gasteiger partial charge in [0, 0.05) is 17.8 Å². The predicted octanol–water partition coefficient (Wildman–Crippen LogP) is 3.01. The van der Waals surface area contributed by atoms with Gasteiger partial charge in [0.1, 0.15) is 5.78 Å². The lowest BCUT2D eigenvalue weighted by Gasteiger charge is -2.41. The van der Waals surface area contributed by atoms with Crippen LogP contribution in [0.1, 0.15) is 13.3 Å². The largest absolute Gasteiger partial charge is 0.299 e. The van der Waals surface area contributed by atoms with Crippen molar-refractivity contribution in [3.63, 3.8) is 0 Å². The highest BCUT2D eigenvalue weighted by Crippen LogP contribution is 2.61. The predicted molar refractivity (Wildman–Crippen MR) is 129 cm³/mol. The Labute approximate surface area is 207 Å². The third-order valence-electron chi connectivity index (χ3n) is 9.04. The van der Waals surface area contributed by atoms with Crippen molar-refractivity contribution in [2.45, 2.75) is 13.3 Å². The Bertz CT molecular complexity index is 1380. The SMILES string of the molecule is CC1C=C2CC3C(=O)[C@@H](C2C2C(=O)N(c4ccccc4)C(=O)C12)C1C(=O)N(c2ccccc2)C(=O)[C@H]31. The summed E-state index contributed by atoms with van der Waals surface area (Å²) in [5.74, 6) is -6.24. The van der Waals surface area contributed by atoms with Crippen LogP contribution in [0.5, 0.6) is 0 Å². The third kappa shape index (κ3) is 2.55. The fourth-order valence-corrected chi connectivity index (χ4v) is 7.74. The van der Waals surface area contributed by atoms with Crippen molar-refractivity contribution in [3.05, 3.63) is 72.3 Å². The van der Waals surface area contributed by atoms with Crippen LogP contribution < -0.4 is 9.80 Å². The molecule has 0 aromatic heterocycles. The Morgan fingerprint density at radius 3 is 1.61 bits per heavy atom. The number of fused-ring (bicyclic) bond motifs is 9. The van der Waals surface area contributed by atoms with Gasteiger partial charge in [0.15, 0.2) is 0 Å². The summed E-state index contributed by atoms with van der Waals surface area (Å²) in [6.07, 6.45) is 2.39. The van der Waals surface area contributed by atoms with Crippen LogP contribution in [0.3, 0.4) is 0 Å². The maximum atomic E-state index is 13.9. The second-order valence-electron chi connectivity index (χ2n) is 10.7. The normalized spacial score (nSPS) is 36.7. The number of allylic oxidation sites excluding steroid dienone is 2. The zero-order valence-corrected chi connectivity index (χ0v) is 19.6. The Morgan fingerprint density at radius 2 is 1.06 bits per heavy atom. The monoisotopic (exact) mass is 480 g/mol.